The van der Waals surface area contributed by atoms with Gasteiger partial charge in [0.15, 0.2) is 0 Å². The van der Waals surface area contributed by atoms with Gasteiger partial charge in [-0.2, -0.15) is 0 Å². The average Bonchev–Trinajstić information content (AvgIpc) is 2.78. The number of benzene rings is 6. The zero-order chi connectivity index (χ0) is 19.4. The SMILES string of the molecule is Clc1ccc(-c2ccc3ccc4cccc5ccc2c3c45)c(-c2ccccc2)c1. The van der Waals surface area contributed by atoms with Gasteiger partial charge in [-0.05, 0) is 66.7 Å². The Morgan fingerprint density at radius 1 is 0.448 bits per heavy atom. The zero-order valence-corrected chi connectivity index (χ0v) is 16.4. The molecule has 0 aliphatic carbocycles. The molecule has 0 radical (unpaired) electrons. The standard InChI is InChI=1S/C28H17Cl/c29-22-13-16-24(26(17-22)18-5-2-1-3-6-18)23-14-11-21-10-9-19-7-4-8-20-12-15-25(23)28(21)27(19)20/h1-17H. The van der Waals surface area contributed by atoms with E-state index in [0.29, 0.717) is 0 Å². The van der Waals surface area contributed by atoms with Gasteiger partial charge in [0, 0.05) is 5.02 Å². The molecule has 0 bridgehead atoms. The number of halogens is 1. The fourth-order valence-electron chi connectivity index (χ4n) is 4.58. The summed E-state index contributed by atoms with van der Waals surface area (Å²) in [5.41, 5.74) is 4.79. The summed E-state index contributed by atoms with van der Waals surface area (Å²) in [6.07, 6.45) is 0. The second-order valence-electron chi connectivity index (χ2n) is 7.53. The lowest BCUT2D eigenvalue weighted by molar-refractivity contribution is 1.60. The van der Waals surface area contributed by atoms with Gasteiger partial charge in [-0.25, -0.2) is 0 Å². The second-order valence-corrected chi connectivity index (χ2v) is 7.96. The van der Waals surface area contributed by atoms with E-state index in [1.165, 1.54) is 49.0 Å². The van der Waals surface area contributed by atoms with Crippen LogP contribution in [0.3, 0.4) is 0 Å². The quantitative estimate of drug-likeness (QED) is 0.260. The summed E-state index contributed by atoms with van der Waals surface area (Å²) < 4.78 is 0. The van der Waals surface area contributed by atoms with Crippen molar-refractivity contribution in [2.24, 2.45) is 0 Å². The van der Waals surface area contributed by atoms with Crippen molar-refractivity contribution >= 4 is 43.9 Å². The minimum absolute atomic E-state index is 0.755. The van der Waals surface area contributed by atoms with E-state index in [1.54, 1.807) is 0 Å². The van der Waals surface area contributed by atoms with Crippen LogP contribution in [0.4, 0.5) is 0 Å². The first-order valence-electron chi connectivity index (χ1n) is 9.81. The fourth-order valence-corrected chi connectivity index (χ4v) is 4.75. The first-order chi connectivity index (χ1) is 14.3. The highest BCUT2D eigenvalue weighted by molar-refractivity contribution is 6.31. The molecule has 0 aromatic heterocycles. The number of hydrogen-bond donors (Lipinski definition) is 0. The maximum atomic E-state index is 6.40. The lowest BCUT2D eigenvalue weighted by Crippen LogP contribution is -1.90. The fraction of sp³-hybridized carbons (Fsp3) is 0. The molecule has 6 aromatic rings. The molecule has 0 amide bonds. The van der Waals surface area contributed by atoms with Gasteiger partial charge in [-0.1, -0.05) is 103 Å². The first-order valence-corrected chi connectivity index (χ1v) is 10.2. The lowest BCUT2D eigenvalue weighted by Gasteiger charge is -2.16. The van der Waals surface area contributed by atoms with E-state index in [0.717, 1.165) is 10.6 Å². The summed E-state index contributed by atoms with van der Waals surface area (Å²) in [5, 5.41) is 8.58. The molecular weight excluding hydrogens is 372 g/mol. The molecule has 0 unspecified atom stereocenters. The van der Waals surface area contributed by atoms with Crippen LogP contribution < -0.4 is 0 Å². The highest BCUT2D eigenvalue weighted by Gasteiger charge is 2.15. The third kappa shape index (κ3) is 2.53. The van der Waals surface area contributed by atoms with Crippen LogP contribution in [0, 0.1) is 0 Å². The maximum Gasteiger partial charge on any atom is 0.0412 e. The van der Waals surface area contributed by atoms with Crippen LogP contribution in [0.2, 0.25) is 5.02 Å². The van der Waals surface area contributed by atoms with Gasteiger partial charge < -0.3 is 0 Å². The second kappa shape index (κ2) is 6.34. The molecule has 0 N–H and O–H groups in total. The van der Waals surface area contributed by atoms with Crippen molar-refractivity contribution in [3.63, 3.8) is 0 Å². The Bertz CT molecular complexity index is 1480. The van der Waals surface area contributed by atoms with Crippen molar-refractivity contribution in [2.75, 3.05) is 0 Å². The van der Waals surface area contributed by atoms with Crippen molar-refractivity contribution in [3.05, 3.63) is 108 Å². The molecule has 0 saturated heterocycles. The van der Waals surface area contributed by atoms with E-state index < -0.39 is 0 Å². The van der Waals surface area contributed by atoms with E-state index in [2.05, 4.69) is 91.0 Å². The van der Waals surface area contributed by atoms with Crippen molar-refractivity contribution in [1.82, 2.24) is 0 Å². The van der Waals surface area contributed by atoms with Crippen LogP contribution >= 0.6 is 11.6 Å². The van der Waals surface area contributed by atoms with E-state index in [9.17, 15) is 0 Å². The summed E-state index contributed by atoms with van der Waals surface area (Å²) in [4.78, 5) is 0. The minimum atomic E-state index is 0.755. The molecule has 0 heterocycles. The first kappa shape index (κ1) is 16.6. The van der Waals surface area contributed by atoms with Crippen LogP contribution in [0.25, 0.3) is 54.6 Å². The summed E-state index contributed by atoms with van der Waals surface area (Å²) in [5.74, 6) is 0. The molecule has 0 saturated carbocycles. The molecule has 0 atom stereocenters. The summed E-state index contributed by atoms with van der Waals surface area (Å²) in [7, 11) is 0. The van der Waals surface area contributed by atoms with Crippen LogP contribution in [0.1, 0.15) is 0 Å². The van der Waals surface area contributed by atoms with Gasteiger partial charge in [0.1, 0.15) is 0 Å². The van der Waals surface area contributed by atoms with Gasteiger partial charge >= 0.3 is 0 Å². The molecule has 6 aromatic carbocycles. The Kier molecular flexibility index (Phi) is 3.62. The van der Waals surface area contributed by atoms with Gasteiger partial charge in [0.05, 0.1) is 0 Å². The van der Waals surface area contributed by atoms with Crippen LogP contribution in [0.5, 0.6) is 0 Å². The van der Waals surface area contributed by atoms with Crippen molar-refractivity contribution < 1.29 is 0 Å². The average molecular weight is 389 g/mol. The van der Waals surface area contributed by atoms with Gasteiger partial charge in [-0.15, -0.1) is 0 Å². The maximum absolute atomic E-state index is 6.40. The monoisotopic (exact) mass is 388 g/mol. The Balaban J connectivity index is 1.73. The predicted molar refractivity (Wildman–Crippen MR) is 126 cm³/mol. The summed E-state index contributed by atoms with van der Waals surface area (Å²) >= 11 is 6.40. The number of rotatable bonds is 2. The lowest BCUT2D eigenvalue weighted by atomic mass is 9.87. The van der Waals surface area contributed by atoms with Crippen molar-refractivity contribution in [1.29, 1.82) is 0 Å². The van der Waals surface area contributed by atoms with Gasteiger partial charge in [0.2, 0.25) is 0 Å². The van der Waals surface area contributed by atoms with Gasteiger partial charge in [0.25, 0.3) is 0 Å². The molecule has 0 spiro atoms. The highest BCUT2D eigenvalue weighted by atomic mass is 35.5. The van der Waals surface area contributed by atoms with Crippen LogP contribution in [-0.2, 0) is 0 Å². The molecular formula is C28H17Cl. The number of hydrogen-bond acceptors (Lipinski definition) is 0. The Morgan fingerprint density at radius 2 is 1.10 bits per heavy atom. The zero-order valence-electron chi connectivity index (χ0n) is 15.7. The normalized spacial score (nSPS) is 11.6. The minimum Gasteiger partial charge on any atom is -0.0843 e. The van der Waals surface area contributed by atoms with E-state index in [-0.39, 0.29) is 0 Å². The molecule has 136 valence electrons. The molecule has 1 heteroatoms. The Labute approximate surface area is 174 Å². The van der Waals surface area contributed by atoms with Crippen LogP contribution in [-0.4, -0.2) is 0 Å². The van der Waals surface area contributed by atoms with Crippen LogP contribution in [0.15, 0.2) is 103 Å². The third-order valence-electron chi connectivity index (χ3n) is 5.89. The molecule has 0 nitrogen and oxygen atoms in total. The Hall–Kier alpha value is -3.35. The van der Waals surface area contributed by atoms with Crippen molar-refractivity contribution in [3.8, 4) is 22.3 Å². The van der Waals surface area contributed by atoms with E-state index >= 15 is 0 Å². The summed E-state index contributed by atoms with van der Waals surface area (Å²) in [6, 6.07) is 36.7. The Morgan fingerprint density at radius 3 is 1.90 bits per heavy atom. The van der Waals surface area contributed by atoms with Gasteiger partial charge in [-0.3, -0.25) is 0 Å². The molecule has 29 heavy (non-hydrogen) atoms. The molecule has 0 aliphatic heterocycles. The van der Waals surface area contributed by atoms with E-state index in [4.69, 9.17) is 11.6 Å². The molecule has 0 fully saturated rings. The molecule has 6 rings (SSSR count). The predicted octanol–water partition coefficient (Wildman–Crippen LogP) is 8.57. The van der Waals surface area contributed by atoms with E-state index in [1.807, 2.05) is 12.1 Å². The third-order valence-corrected chi connectivity index (χ3v) is 6.12. The van der Waals surface area contributed by atoms with Crippen molar-refractivity contribution in [2.45, 2.75) is 0 Å². The highest BCUT2D eigenvalue weighted by Crippen LogP contribution is 2.42. The topological polar surface area (TPSA) is 0 Å². The smallest absolute Gasteiger partial charge is 0.0412 e. The summed E-state index contributed by atoms with van der Waals surface area (Å²) in [6.45, 7) is 0. The molecule has 0 aliphatic rings. The largest absolute Gasteiger partial charge is 0.0843 e.